The predicted molar refractivity (Wildman–Crippen MR) is 64.9 cm³/mol. The van der Waals surface area contributed by atoms with E-state index in [1.54, 1.807) is 6.92 Å². The van der Waals surface area contributed by atoms with Crippen molar-refractivity contribution in [2.45, 2.75) is 39.4 Å². The van der Waals surface area contributed by atoms with E-state index < -0.39 is 11.9 Å². The number of aryl methyl sites for hydroxylation is 1. The van der Waals surface area contributed by atoms with Crippen LogP contribution in [-0.4, -0.2) is 22.2 Å². The molecule has 0 saturated heterocycles. The van der Waals surface area contributed by atoms with Gasteiger partial charge in [0.05, 0.1) is 10.7 Å². The second kappa shape index (κ2) is 6.27. The number of halogens is 4. The number of nitrogens with one attached hydrogen (secondary N) is 1. The van der Waals surface area contributed by atoms with E-state index in [2.05, 4.69) is 10.4 Å². The van der Waals surface area contributed by atoms with E-state index in [-0.39, 0.29) is 23.2 Å². The lowest BCUT2D eigenvalue weighted by molar-refractivity contribution is -0.141. The maximum absolute atomic E-state index is 12.6. The van der Waals surface area contributed by atoms with E-state index >= 15 is 0 Å². The third-order valence-corrected chi connectivity index (χ3v) is 3.04. The molecule has 108 valence electrons. The van der Waals surface area contributed by atoms with E-state index in [0.29, 0.717) is 19.4 Å². The topological polar surface area (TPSA) is 46.9 Å². The summed E-state index contributed by atoms with van der Waals surface area (Å²) in [4.78, 5) is 11.0. The fraction of sp³-hybridized carbons (Fsp3) is 0.636. The minimum Gasteiger partial charge on any atom is -0.356 e. The second-order valence-electron chi connectivity index (χ2n) is 4.03. The van der Waals surface area contributed by atoms with Crippen molar-refractivity contribution in [3.63, 3.8) is 0 Å². The number of amides is 1. The Morgan fingerprint density at radius 2 is 2.11 bits per heavy atom. The molecule has 1 N–H and O–H groups in total. The highest BCUT2D eigenvalue weighted by molar-refractivity contribution is 6.31. The number of aromatic nitrogens is 2. The number of nitrogens with zero attached hydrogens (tertiary/aromatic N) is 2. The molecule has 0 aliphatic heterocycles. The van der Waals surface area contributed by atoms with Gasteiger partial charge in [0, 0.05) is 19.5 Å². The van der Waals surface area contributed by atoms with Gasteiger partial charge in [-0.25, -0.2) is 0 Å². The van der Waals surface area contributed by atoms with Gasteiger partial charge in [-0.2, -0.15) is 18.3 Å². The number of hydrogen-bond donors (Lipinski definition) is 1. The van der Waals surface area contributed by atoms with Crippen LogP contribution in [0.15, 0.2) is 0 Å². The Morgan fingerprint density at radius 1 is 1.47 bits per heavy atom. The van der Waals surface area contributed by atoms with Crippen molar-refractivity contribution < 1.29 is 18.0 Å². The third kappa shape index (κ3) is 4.12. The number of hydrogen-bond acceptors (Lipinski definition) is 2. The summed E-state index contributed by atoms with van der Waals surface area (Å²) < 4.78 is 38.9. The first-order chi connectivity index (χ1) is 8.77. The standard InChI is InChI=1S/C11H15ClF3N3O/c1-3-8(19)16-5-4-6-18-7(2)9(12)10(17-18)11(13,14)15/h3-6H2,1-2H3,(H,16,19). The zero-order valence-corrected chi connectivity index (χ0v) is 11.4. The Kier molecular flexibility index (Phi) is 5.22. The fourth-order valence-electron chi connectivity index (χ4n) is 1.50. The Morgan fingerprint density at radius 3 is 2.58 bits per heavy atom. The van der Waals surface area contributed by atoms with Gasteiger partial charge in [-0.3, -0.25) is 9.48 Å². The quantitative estimate of drug-likeness (QED) is 0.850. The van der Waals surface area contributed by atoms with Crippen molar-refractivity contribution in [2.75, 3.05) is 6.54 Å². The molecule has 0 aliphatic carbocycles. The lowest BCUT2D eigenvalue weighted by Gasteiger charge is -2.05. The molecule has 0 radical (unpaired) electrons. The van der Waals surface area contributed by atoms with Gasteiger partial charge in [0.2, 0.25) is 5.91 Å². The van der Waals surface area contributed by atoms with E-state index in [9.17, 15) is 18.0 Å². The molecule has 0 fully saturated rings. The average Bonchev–Trinajstić information content (AvgIpc) is 2.61. The van der Waals surface area contributed by atoms with Gasteiger partial charge in [-0.1, -0.05) is 18.5 Å². The fourth-order valence-corrected chi connectivity index (χ4v) is 1.75. The third-order valence-electron chi connectivity index (χ3n) is 2.59. The summed E-state index contributed by atoms with van der Waals surface area (Å²) in [5, 5.41) is 5.73. The van der Waals surface area contributed by atoms with Crippen LogP contribution >= 0.6 is 11.6 Å². The Labute approximate surface area is 113 Å². The van der Waals surface area contributed by atoms with Crippen LogP contribution in [0.2, 0.25) is 5.02 Å². The first-order valence-corrected chi connectivity index (χ1v) is 6.22. The van der Waals surface area contributed by atoms with Crippen LogP contribution in [0.3, 0.4) is 0 Å². The number of carbonyl (C=O) groups is 1. The van der Waals surface area contributed by atoms with Crippen molar-refractivity contribution in [2.24, 2.45) is 0 Å². The first-order valence-electron chi connectivity index (χ1n) is 5.84. The molecule has 8 heteroatoms. The molecule has 1 amide bonds. The Balaban J connectivity index is 2.63. The van der Waals surface area contributed by atoms with Gasteiger partial charge >= 0.3 is 6.18 Å². The van der Waals surface area contributed by atoms with Crippen LogP contribution in [0.4, 0.5) is 13.2 Å². The number of carbonyl (C=O) groups excluding carboxylic acids is 1. The average molecular weight is 298 g/mol. The van der Waals surface area contributed by atoms with E-state index in [1.165, 1.54) is 11.6 Å². The van der Waals surface area contributed by atoms with Crippen LogP contribution in [0.5, 0.6) is 0 Å². The highest BCUT2D eigenvalue weighted by atomic mass is 35.5. The van der Waals surface area contributed by atoms with Gasteiger partial charge in [0.25, 0.3) is 0 Å². The first kappa shape index (κ1) is 15.8. The van der Waals surface area contributed by atoms with Crippen LogP contribution in [0.1, 0.15) is 31.2 Å². The van der Waals surface area contributed by atoms with Crippen molar-refractivity contribution in [3.05, 3.63) is 16.4 Å². The van der Waals surface area contributed by atoms with Crippen LogP contribution in [0.25, 0.3) is 0 Å². The summed E-state index contributed by atoms with van der Waals surface area (Å²) in [5.74, 6) is -0.0915. The molecule has 0 unspecified atom stereocenters. The maximum Gasteiger partial charge on any atom is 0.436 e. The van der Waals surface area contributed by atoms with E-state index in [0.717, 1.165) is 0 Å². The Bertz CT molecular complexity index is 457. The lowest BCUT2D eigenvalue weighted by Crippen LogP contribution is -2.24. The molecular weight excluding hydrogens is 283 g/mol. The minimum absolute atomic E-state index is 0.0915. The molecule has 4 nitrogen and oxygen atoms in total. The van der Waals surface area contributed by atoms with Gasteiger partial charge in [0.15, 0.2) is 5.69 Å². The normalized spacial score (nSPS) is 11.7. The molecule has 1 rings (SSSR count). The van der Waals surface area contributed by atoms with Crippen LogP contribution < -0.4 is 5.32 Å². The van der Waals surface area contributed by atoms with Gasteiger partial charge < -0.3 is 5.32 Å². The largest absolute Gasteiger partial charge is 0.436 e. The number of rotatable bonds is 5. The van der Waals surface area contributed by atoms with E-state index in [4.69, 9.17) is 11.6 Å². The predicted octanol–water partition coefficient (Wildman–Crippen LogP) is 2.78. The zero-order chi connectivity index (χ0) is 14.6. The van der Waals surface area contributed by atoms with Crippen molar-refractivity contribution in [1.29, 1.82) is 0 Å². The minimum atomic E-state index is -4.55. The molecule has 0 spiro atoms. The summed E-state index contributed by atoms with van der Waals surface area (Å²) in [6.45, 7) is 3.87. The van der Waals surface area contributed by atoms with Crippen LogP contribution in [-0.2, 0) is 17.5 Å². The monoisotopic (exact) mass is 297 g/mol. The molecule has 0 aromatic carbocycles. The van der Waals surface area contributed by atoms with Gasteiger partial charge in [-0.15, -0.1) is 0 Å². The highest BCUT2D eigenvalue weighted by Gasteiger charge is 2.38. The van der Waals surface area contributed by atoms with Crippen molar-refractivity contribution in [3.8, 4) is 0 Å². The van der Waals surface area contributed by atoms with Gasteiger partial charge in [-0.05, 0) is 13.3 Å². The molecule has 0 atom stereocenters. The molecule has 1 aromatic heterocycles. The SMILES string of the molecule is CCC(=O)NCCCn1nc(C(F)(F)F)c(Cl)c1C. The summed E-state index contributed by atoms with van der Waals surface area (Å²) in [6.07, 6.45) is -3.68. The molecular formula is C11H15ClF3N3O. The highest BCUT2D eigenvalue weighted by Crippen LogP contribution is 2.35. The summed E-state index contributed by atoms with van der Waals surface area (Å²) in [6, 6.07) is 0. The second-order valence-corrected chi connectivity index (χ2v) is 4.40. The lowest BCUT2D eigenvalue weighted by atomic mass is 10.3. The number of alkyl halides is 3. The summed E-state index contributed by atoms with van der Waals surface area (Å²) in [5.41, 5.74) is -0.792. The molecule has 1 aromatic rings. The van der Waals surface area contributed by atoms with Crippen LogP contribution in [0, 0.1) is 6.92 Å². The molecule has 19 heavy (non-hydrogen) atoms. The molecule has 1 heterocycles. The summed E-state index contributed by atoms with van der Waals surface area (Å²) >= 11 is 5.61. The Hall–Kier alpha value is -1.24. The molecule has 0 aliphatic rings. The maximum atomic E-state index is 12.6. The zero-order valence-electron chi connectivity index (χ0n) is 10.6. The molecule has 0 bridgehead atoms. The smallest absolute Gasteiger partial charge is 0.356 e. The van der Waals surface area contributed by atoms with E-state index in [1.807, 2.05) is 0 Å². The van der Waals surface area contributed by atoms with Gasteiger partial charge in [0.1, 0.15) is 0 Å². The van der Waals surface area contributed by atoms with Crippen molar-refractivity contribution >= 4 is 17.5 Å². The molecule has 0 saturated carbocycles. The summed E-state index contributed by atoms with van der Waals surface area (Å²) in [7, 11) is 0. The van der Waals surface area contributed by atoms with Crippen molar-refractivity contribution in [1.82, 2.24) is 15.1 Å².